The first-order valence-corrected chi connectivity index (χ1v) is 9.50. The van der Waals surface area contributed by atoms with Gasteiger partial charge in [-0.15, -0.1) is 0 Å². The molecular weight excluding hydrogens is 192 g/mol. The summed E-state index contributed by atoms with van der Waals surface area (Å²) in [5, 5.41) is 2.26. The molecule has 0 aliphatic heterocycles. The zero-order valence-electron chi connectivity index (χ0n) is 9.18. The number of aryl methyl sites for hydroxylation is 1. The smallest absolute Gasteiger partial charge is 0.0907 e. The third-order valence-corrected chi connectivity index (χ3v) is 6.87. The van der Waals surface area contributed by atoms with Crippen LogP contribution in [0.3, 0.4) is 0 Å². The fourth-order valence-electron chi connectivity index (χ4n) is 1.56. The summed E-state index contributed by atoms with van der Waals surface area (Å²) < 4.78 is 1.71. The highest BCUT2D eigenvalue weighted by Gasteiger charge is 2.20. The van der Waals surface area contributed by atoms with Crippen LogP contribution in [0.2, 0.25) is 19.6 Å². The quantitative estimate of drug-likeness (QED) is 0.669. The van der Waals surface area contributed by atoms with E-state index in [9.17, 15) is 0 Å². The summed E-state index contributed by atoms with van der Waals surface area (Å²) in [6, 6.07) is 2.33. The minimum atomic E-state index is -1.06. The van der Waals surface area contributed by atoms with Crippen LogP contribution in [0.4, 0.5) is 0 Å². The molecule has 0 nitrogen and oxygen atoms in total. The monoisotopic (exact) mass is 212 g/mol. The molecule has 1 rings (SSSR count). The van der Waals surface area contributed by atoms with Gasteiger partial charge >= 0.3 is 0 Å². The van der Waals surface area contributed by atoms with E-state index in [-0.39, 0.29) is 0 Å². The lowest BCUT2D eigenvalue weighted by atomic mass is 10.2. The van der Waals surface area contributed by atoms with E-state index in [2.05, 4.69) is 38.0 Å². The molecule has 74 valence electrons. The van der Waals surface area contributed by atoms with Crippen LogP contribution in [0.5, 0.6) is 0 Å². The van der Waals surface area contributed by atoms with Gasteiger partial charge in [-0.1, -0.05) is 33.0 Å². The highest BCUT2D eigenvalue weighted by Crippen LogP contribution is 2.14. The Labute approximate surface area is 87.0 Å². The van der Waals surface area contributed by atoms with Crippen LogP contribution in [0.15, 0.2) is 11.4 Å². The summed E-state index contributed by atoms with van der Waals surface area (Å²) in [5.41, 5.74) is 1.63. The Hall–Kier alpha value is -0.0831. The molecule has 0 aliphatic rings. The molecule has 0 bridgehead atoms. The van der Waals surface area contributed by atoms with Crippen molar-refractivity contribution < 1.29 is 0 Å². The predicted octanol–water partition coefficient (Wildman–Crippen LogP) is 3.64. The maximum Gasteiger partial charge on any atom is 0.0907 e. The topological polar surface area (TPSA) is 0 Å². The normalized spacial score (nSPS) is 12.0. The number of rotatable bonds is 4. The lowest BCUT2D eigenvalue weighted by molar-refractivity contribution is 0.799. The molecule has 0 atom stereocenters. The van der Waals surface area contributed by atoms with Gasteiger partial charge in [0.1, 0.15) is 0 Å². The Kier molecular flexibility index (Phi) is 3.74. The van der Waals surface area contributed by atoms with Crippen molar-refractivity contribution in [2.75, 3.05) is 0 Å². The van der Waals surface area contributed by atoms with E-state index in [0.29, 0.717) is 0 Å². The largest absolute Gasteiger partial charge is 0.153 e. The molecular formula is C11H20SSi. The van der Waals surface area contributed by atoms with E-state index in [0.717, 1.165) is 0 Å². The number of hydrogen-bond donors (Lipinski definition) is 0. The third-order valence-electron chi connectivity index (χ3n) is 2.23. The van der Waals surface area contributed by atoms with Crippen molar-refractivity contribution in [2.24, 2.45) is 0 Å². The maximum absolute atomic E-state index is 2.44. The lowest BCUT2D eigenvalue weighted by Gasteiger charge is -2.16. The van der Waals surface area contributed by atoms with Gasteiger partial charge in [-0.25, -0.2) is 0 Å². The average molecular weight is 212 g/mol. The summed E-state index contributed by atoms with van der Waals surface area (Å²) in [6.45, 7) is 9.58. The molecule has 0 fully saturated rings. The highest BCUT2D eigenvalue weighted by atomic mass is 32.1. The summed E-state index contributed by atoms with van der Waals surface area (Å²) in [7, 11) is -1.06. The van der Waals surface area contributed by atoms with Crippen LogP contribution in [0.1, 0.15) is 25.3 Å². The van der Waals surface area contributed by atoms with Gasteiger partial charge in [0.05, 0.1) is 8.07 Å². The van der Waals surface area contributed by atoms with Crippen molar-refractivity contribution in [3.63, 3.8) is 0 Å². The average Bonchev–Trinajstić information content (AvgIpc) is 2.47. The second-order valence-corrected chi connectivity index (χ2v) is 10.9. The number of hydrogen-bond acceptors (Lipinski definition) is 1. The first kappa shape index (κ1) is 11.0. The van der Waals surface area contributed by atoms with E-state index >= 15 is 0 Å². The van der Waals surface area contributed by atoms with E-state index in [1.165, 1.54) is 19.3 Å². The summed E-state index contributed by atoms with van der Waals surface area (Å²) in [5.74, 6) is 0. The molecule has 0 aromatic carbocycles. The first-order chi connectivity index (χ1) is 6.05. The third kappa shape index (κ3) is 2.95. The van der Waals surface area contributed by atoms with Crippen LogP contribution in [-0.2, 0) is 6.42 Å². The Morgan fingerprint density at radius 3 is 2.54 bits per heavy atom. The molecule has 1 heterocycles. The van der Waals surface area contributed by atoms with Gasteiger partial charge in [0.25, 0.3) is 0 Å². The molecule has 0 radical (unpaired) electrons. The Morgan fingerprint density at radius 1 is 1.31 bits per heavy atom. The van der Waals surface area contributed by atoms with Crippen molar-refractivity contribution in [3.8, 4) is 0 Å². The molecule has 0 aliphatic carbocycles. The van der Waals surface area contributed by atoms with Gasteiger partial charge in [-0.2, -0.15) is 11.3 Å². The summed E-state index contributed by atoms with van der Waals surface area (Å²) in [4.78, 5) is 0. The molecule has 0 saturated heterocycles. The van der Waals surface area contributed by atoms with Gasteiger partial charge in [0.2, 0.25) is 0 Å². The van der Waals surface area contributed by atoms with Gasteiger partial charge in [0, 0.05) is 0 Å². The van der Waals surface area contributed by atoms with E-state index in [4.69, 9.17) is 0 Å². The molecule has 0 saturated carbocycles. The van der Waals surface area contributed by atoms with Crippen molar-refractivity contribution >= 4 is 23.9 Å². The highest BCUT2D eigenvalue weighted by molar-refractivity contribution is 7.25. The van der Waals surface area contributed by atoms with E-state index < -0.39 is 8.07 Å². The number of unbranched alkanes of at least 4 members (excludes halogenated alkanes) is 1. The minimum Gasteiger partial charge on any atom is -0.153 e. The van der Waals surface area contributed by atoms with Crippen LogP contribution >= 0.6 is 11.3 Å². The SMILES string of the molecule is CCCCc1ccsc1[Si](C)(C)C. The standard InChI is InChI=1S/C11H20SSi/c1-5-6-7-10-8-9-12-11(10)13(2,3)4/h8-9H,5-7H2,1-4H3. The molecule has 13 heavy (non-hydrogen) atoms. The minimum absolute atomic E-state index is 1.06. The molecule has 2 heteroatoms. The molecule has 0 amide bonds. The Balaban J connectivity index is 2.77. The maximum atomic E-state index is 2.44. The number of thiophene rings is 1. The van der Waals surface area contributed by atoms with Gasteiger partial charge in [-0.3, -0.25) is 0 Å². The van der Waals surface area contributed by atoms with Crippen LogP contribution in [-0.4, -0.2) is 8.07 Å². The van der Waals surface area contributed by atoms with Gasteiger partial charge < -0.3 is 0 Å². The molecule has 0 N–H and O–H groups in total. The predicted molar refractivity (Wildman–Crippen MR) is 65.9 cm³/mol. The fraction of sp³-hybridized carbons (Fsp3) is 0.636. The summed E-state index contributed by atoms with van der Waals surface area (Å²) >= 11 is 1.97. The van der Waals surface area contributed by atoms with Crippen molar-refractivity contribution in [3.05, 3.63) is 17.0 Å². The zero-order valence-corrected chi connectivity index (χ0v) is 11.0. The summed E-state index contributed by atoms with van der Waals surface area (Å²) in [6.07, 6.45) is 3.94. The van der Waals surface area contributed by atoms with Crippen LogP contribution < -0.4 is 4.50 Å². The molecule has 1 aromatic rings. The molecule has 0 spiro atoms. The first-order valence-electron chi connectivity index (χ1n) is 5.12. The van der Waals surface area contributed by atoms with Crippen LogP contribution in [0, 0.1) is 0 Å². The van der Waals surface area contributed by atoms with Crippen LogP contribution in [0.25, 0.3) is 0 Å². The van der Waals surface area contributed by atoms with Crippen molar-refractivity contribution in [1.82, 2.24) is 0 Å². The van der Waals surface area contributed by atoms with Crippen molar-refractivity contribution in [2.45, 2.75) is 45.8 Å². The second-order valence-electron chi connectivity index (χ2n) is 4.63. The van der Waals surface area contributed by atoms with E-state index in [1.807, 2.05) is 11.3 Å². The van der Waals surface area contributed by atoms with E-state index in [1.54, 1.807) is 10.1 Å². The Bertz CT molecular complexity index is 257. The fourth-order valence-corrected chi connectivity index (χ4v) is 5.04. The lowest BCUT2D eigenvalue weighted by Crippen LogP contribution is -2.37. The van der Waals surface area contributed by atoms with Gasteiger partial charge in [0.15, 0.2) is 0 Å². The molecule has 1 aromatic heterocycles. The van der Waals surface area contributed by atoms with Crippen molar-refractivity contribution in [1.29, 1.82) is 0 Å². The Morgan fingerprint density at radius 2 is 2.00 bits per heavy atom. The molecule has 0 unspecified atom stereocenters. The van der Waals surface area contributed by atoms with Gasteiger partial charge in [-0.05, 0) is 34.4 Å². The second kappa shape index (κ2) is 4.42. The zero-order chi connectivity index (χ0) is 9.90.